The van der Waals surface area contributed by atoms with Crippen LogP contribution in [0.15, 0.2) is 177 Å². The van der Waals surface area contributed by atoms with Crippen molar-refractivity contribution < 1.29 is 59.8 Å². The number of nitrogens with zero attached hydrogens (tertiary/aromatic N) is 5. The van der Waals surface area contributed by atoms with E-state index in [1.54, 1.807) is 110 Å². The molecule has 5 aromatic carbocycles. The molecule has 512 valence electrons. The van der Waals surface area contributed by atoms with Crippen LogP contribution in [0, 0.1) is 98.5 Å². The third-order valence-electron chi connectivity index (χ3n) is 15.9. The van der Waals surface area contributed by atoms with Crippen molar-refractivity contribution in [2.24, 2.45) is 57.9 Å². The first-order valence-corrected chi connectivity index (χ1v) is 33.1. The number of hydrogen-bond acceptors (Lipinski definition) is 0. The van der Waals surface area contributed by atoms with Crippen LogP contribution in [0.3, 0.4) is 0 Å². The SMILES string of the molecule is [2H]C([2H])([2H])c1ccc(-c2cc(C([2H])([2H])C(C)(C)C)cc[n+]2C)c(C)c1.[2H]C([2H])([2H])c1ccc(-c2cc(C([2H])([2H])C(C)C)cc[n+]2C)c(C)c1.[2H]C([2H])([2H])c1ccc(-c2cc(C)c(C([2H])(C)C([2H])([2H])[2H])c[n+]2C)c(C)c1.[2H]C([2H])([2H])c1ccc(-c2ccc(C([2H])([2H])C(C)(C)C)c[n+]2C)c(C)c1.[2H]C([2H])([2H])c1ccc(-c2ccc(C([2H])([2H])C(C)C)c[n+]2C)c(C)c1. The summed E-state index contributed by atoms with van der Waals surface area (Å²) < 4.78 is 221. The molecule has 5 nitrogen and oxygen atoms in total. The Morgan fingerprint density at radius 3 is 1.01 bits per heavy atom. The van der Waals surface area contributed by atoms with Crippen molar-refractivity contribution in [3.05, 3.63) is 266 Å². The van der Waals surface area contributed by atoms with Crippen molar-refractivity contribution in [1.29, 1.82) is 0 Å². The lowest BCUT2D eigenvalue weighted by Gasteiger charge is -2.18. The van der Waals surface area contributed by atoms with Crippen molar-refractivity contribution in [2.45, 2.75) is 190 Å². The van der Waals surface area contributed by atoms with Gasteiger partial charge in [-0.3, -0.25) is 0 Å². The van der Waals surface area contributed by atoms with Crippen LogP contribution in [0.5, 0.6) is 0 Å². The third kappa shape index (κ3) is 23.3. The number of rotatable bonds is 12. The molecule has 0 saturated heterocycles. The monoisotopic (exact) mass is 1330 g/mol. The largest absolute Gasteiger partial charge is 0.212 e. The van der Waals surface area contributed by atoms with Crippen molar-refractivity contribution in [3.8, 4) is 56.3 Å². The Morgan fingerprint density at radius 2 is 0.660 bits per heavy atom. The van der Waals surface area contributed by atoms with Crippen molar-refractivity contribution in [1.82, 2.24) is 0 Å². The molecule has 10 aromatic rings. The zero-order valence-corrected chi connectivity index (χ0v) is 61.6. The summed E-state index contributed by atoms with van der Waals surface area (Å²) in [6.45, 7) is 18.3. The minimum absolute atomic E-state index is 0.122. The van der Waals surface area contributed by atoms with Gasteiger partial charge in [0.2, 0.25) is 28.5 Å². The minimum atomic E-state index is -2.44. The molecular formula is C92H124N5+5. The Bertz CT molecular complexity index is 5450. The zero-order chi connectivity index (χ0) is 95.1. The molecule has 1 atom stereocenters. The van der Waals surface area contributed by atoms with E-state index in [1.807, 2.05) is 236 Å². The molecule has 5 aromatic heterocycles. The number of hydrogen-bond donors (Lipinski definition) is 0. The zero-order valence-electron chi connectivity index (χ0n) is 88.6. The second kappa shape index (κ2) is 34.4. The lowest BCUT2D eigenvalue weighted by atomic mass is 9.88. The predicted molar refractivity (Wildman–Crippen MR) is 415 cm³/mol. The minimum Gasteiger partial charge on any atom is -0.201 e. The molecule has 97 heavy (non-hydrogen) atoms. The van der Waals surface area contributed by atoms with E-state index in [2.05, 4.69) is 0 Å². The maximum absolute atomic E-state index is 8.50. The van der Waals surface area contributed by atoms with Crippen LogP contribution in [-0.2, 0) is 60.7 Å². The van der Waals surface area contributed by atoms with E-state index >= 15 is 0 Å². The second-order valence-corrected chi connectivity index (χ2v) is 28.1. The summed E-state index contributed by atoms with van der Waals surface area (Å²) in [7, 11) is 9.37. The van der Waals surface area contributed by atoms with Gasteiger partial charge < -0.3 is 0 Å². The Kier molecular flexibility index (Phi) is 16.6. The molecule has 0 aliphatic rings. The van der Waals surface area contributed by atoms with Crippen LogP contribution in [0.4, 0.5) is 0 Å². The van der Waals surface area contributed by atoms with Gasteiger partial charge in [-0.15, -0.1) is 0 Å². The summed E-state index contributed by atoms with van der Waals surface area (Å²) in [4.78, 5) is 0. The van der Waals surface area contributed by atoms with Gasteiger partial charge in [0.25, 0.3) is 0 Å². The Labute approximate surface area is 628 Å². The first-order chi connectivity index (χ1) is 56.0. The van der Waals surface area contributed by atoms with E-state index in [-0.39, 0.29) is 17.4 Å². The topological polar surface area (TPSA) is 19.4 Å². The van der Waals surface area contributed by atoms with E-state index in [0.717, 1.165) is 84.1 Å². The van der Waals surface area contributed by atoms with E-state index < -0.39 is 83.3 Å². The smallest absolute Gasteiger partial charge is 0.201 e. The van der Waals surface area contributed by atoms with Gasteiger partial charge in [0.1, 0.15) is 35.2 Å². The van der Waals surface area contributed by atoms with Gasteiger partial charge in [-0.1, -0.05) is 171 Å². The molecule has 0 saturated carbocycles. The highest BCUT2D eigenvalue weighted by Crippen LogP contribution is 2.30. The quantitative estimate of drug-likeness (QED) is 0.109. The fraction of sp³-hybridized carbons (Fsp3) is 0.402. The lowest BCUT2D eigenvalue weighted by molar-refractivity contribution is -0.661. The number of aryl methyl sites for hydroxylation is 16. The molecule has 0 fully saturated rings. The highest BCUT2D eigenvalue weighted by atomic mass is 14.9. The van der Waals surface area contributed by atoms with E-state index in [9.17, 15) is 0 Å². The van der Waals surface area contributed by atoms with Gasteiger partial charge in [-0.25, -0.2) is 22.8 Å². The summed E-state index contributed by atoms with van der Waals surface area (Å²) in [5.74, 6) is -1.98. The molecule has 1 unspecified atom stereocenters. The van der Waals surface area contributed by atoms with E-state index in [1.165, 1.54) is 6.92 Å². The molecule has 10 rings (SSSR count). The third-order valence-corrected chi connectivity index (χ3v) is 15.9. The predicted octanol–water partition coefficient (Wildman–Crippen LogP) is 21.0. The van der Waals surface area contributed by atoms with Crippen LogP contribution in [0.1, 0.15) is 215 Å². The summed E-state index contributed by atoms with van der Waals surface area (Å²) in [5.41, 5.74) is 17.5. The number of aromatic nitrogens is 5. The lowest BCUT2D eigenvalue weighted by Crippen LogP contribution is -2.32. The number of benzene rings is 5. The summed E-state index contributed by atoms with van der Waals surface area (Å²) in [5, 5.41) is 0. The van der Waals surface area contributed by atoms with Gasteiger partial charge in [0.05, 0.1) is 0 Å². The Balaban J connectivity index is 0.000000240. The van der Waals surface area contributed by atoms with Crippen molar-refractivity contribution in [2.75, 3.05) is 0 Å². The molecule has 0 aliphatic carbocycles. The molecule has 0 spiro atoms. The normalized spacial score (nSPS) is 17.4. The molecular weight excluding hydrogens is 1180 g/mol. The van der Waals surface area contributed by atoms with Gasteiger partial charge in [0.15, 0.2) is 31.0 Å². The molecule has 5 heteroatoms. The average Bonchev–Trinajstić information content (AvgIpc) is 1.69. The molecule has 0 N–H and O–H groups in total. The van der Waals surface area contributed by atoms with Crippen LogP contribution in [0.2, 0.25) is 0 Å². The van der Waals surface area contributed by atoms with Crippen LogP contribution < -0.4 is 22.8 Å². The first-order valence-electron chi connectivity index (χ1n) is 46.6. The van der Waals surface area contributed by atoms with Gasteiger partial charge in [-0.05, 0) is 217 Å². The van der Waals surface area contributed by atoms with Gasteiger partial charge in [-0.2, -0.15) is 0 Å². The number of pyridine rings is 5. The van der Waals surface area contributed by atoms with Crippen molar-refractivity contribution >= 4 is 0 Å². The molecule has 0 radical (unpaired) electrons. The van der Waals surface area contributed by atoms with Crippen molar-refractivity contribution in [3.63, 3.8) is 0 Å². The van der Waals surface area contributed by atoms with Crippen LogP contribution >= 0.6 is 0 Å². The van der Waals surface area contributed by atoms with E-state index in [0.29, 0.717) is 55.6 Å². The highest BCUT2D eigenvalue weighted by molar-refractivity contribution is 5.66. The molecule has 0 amide bonds. The standard InChI is InChI=1S/2C19H26N.3C18H24N/c1-14-7-9-17(15(2)11-14)18-10-8-16(13-20(18)6)12-19(3,4)5;1-14-7-8-17(15(2)11-14)18-12-16(9-10-20(18)6)13-19(3,4)5;1-12(2)17-11-19(6)18(10-15(17)5)16-8-7-13(3)9-14(16)4;1-13(2)10-16-7-9-18(19(5)12-16)17-8-6-14(3)11-15(17)4;1-13(2)10-16-8-9-19(5)18(12-16)17-7-6-14(3)11-15(17)4/h7-11,13H,12H2,1-6H3;7-12H,13H2,1-6H3;7-12H,1-6H3;2*6-9,11-13H,10H2,1-5H3/q5*+1/i1D3,12D2;1D3,13D2;1D3,3D3,12D;2*3D3,10D2. The van der Waals surface area contributed by atoms with Gasteiger partial charge >= 0.3 is 0 Å². The molecule has 0 bridgehead atoms. The second-order valence-electron chi connectivity index (χ2n) is 28.1. The first kappa shape index (κ1) is 47.0. The Hall–Kier alpha value is -8.15. The fourth-order valence-corrected chi connectivity index (χ4v) is 11.5. The fourth-order valence-electron chi connectivity index (χ4n) is 11.5. The Morgan fingerprint density at radius 1 is 0.340 bits per heavy atom. The average molecular weight is 1330 g/mol. The van der Waals surface area contributed by atoms with Crippen LogP contribution in [-0.4, -0.2) is 0 Å². The summed E-state index contributed by atoms with van der Waals surface area (Å²) in [6, 6.07) is 42.2. The highest BCUT2D eigenvalue weighted by Gasteiger charge is 2.22. The summed E-state index contributed by atoms with van der Waals surface area (Å²) >= 11 is 0. The van der Waals surface area contributed by atoms with Crippen LogP contribution in [0.25, 0.3) is 56.3 Å². The van der Waals surface area contributed by atoms with Gasteiger partial charge in [0, 0.05) is 124 Å². The maximum atomic E-state index is 8.50. The summed E-state index contributed by atoms with van der Waals surface area (Å²) in [6.07, 6.45) is 3.26. The molecule has 0 aliphatic heterocycles. The van der Waals surface area contributed by atoms with E-state index in [4.69, 9.17) is 37.0 Å². The molecule has 5 heterocycles. The maximum Gasteiger partial charge on any atom is 0.212 e.